The Hall–Kier alpha value is -3.00. The van der Waals surface area contributed by atoms with Gasteiger partial charge in [0.2, 0.25) is 0 Å². The molecule has 0 amide bonds. The molecule has 0 fully saturated rings. The SMILES string of the molecule is COc1ccc(C)cc1NS(=O)(=O)c1cc(-c2onc(C)c2C)ccc1OC. The molecule has 0 radical (unpaired) electrons. The fourth-order valence-corrected chi connectivity index (χ4v) is 4.07. The Balaban J connectivity index is 2.09. The summed E-state index contributed by atoms with van der Waals surface area (Å²) in [5, 5.41) is 3.94. The first-order valence-electron chi connectivity index (χ1n) is 8.55. The molecule has 2 aromatic carbocycles. The molecule has 1 aromatic heterocycles. The van der Waals surface area contributed by atoms with Crippen LogP contribution in [0.25, 0.3) is 11.3 Å². The van der Waals surface area contributed by atoms with Crippen molar-refractivity contribution in [1.82, 2.24) is 5.16 Å². The van der Waals surface area contributed by atoms with E-state index in [2.05, 4.69) is 9.88 Å². The predicted molar refractivity (Wildman–Crippen MR) is 107 cm³/mol. The number of aromatic nitrogens is 1. The highest BCUT2D eigenvalue weighted by atomic mass is 32.2. The molecule has 3 aromatic rings. The Labute approximate surface area is 164 Å². The summed E-state index contributed by atoms with van der Waals surface area (Å²) >= 11 is 0. The molecule has 0 atom stereocenters. The van der Waals surface area contributed by atoms with Gasteiger partial charge in [-0.1, -0.05) is 11.2 Å². The van der Waals surface area contributed by atoms with Crippen LogP contribution in [0.5, 0.6) is 11.5 Å². The highest BCUT2D eigenvalue weighted by Gasteiger charge is 2.23. The second kappa shape index (κ2) is 7.55. The van der Waals surface area contributed by atoms with Crippen LogP contribution in [0, 0.1) is 20.8 Å². The summed E-state index contributed by atoms with van der Waals surface area (Å²) in [5.41, 5.74) is 3.43. The van der Waals surface area contributed by atoms with Gasteiger partial charge >= 0.3 is 0 Å². The second-order valence-electron chi connectivity index (χ2n) is 6.40. The summed E-state index contributed by atoms with van der Waals surface area (Å²) < 4.78 is 44.8. The van der Waals surface area contributed by atoms with Crippen LogP contribution >= 0.6 is 0 Å². The van der Waals surface area contributed by atoms with E-state index in [-0.39, 0.29) is 10.6 Å². The van der Waals surface area contributed by atoms with Crippen molar-refractivity contribution in [1.29, 1.82) is 0 Å². The van der Waals surface area contributed by atoms with Gasteiger partial charge in [0.05, 0.1) is 25.6 Å². The van der Waals surface area contributed by atoms with E-state index in [4.69, 9.17) is 14.0 Å². The quantitative estimate of drug-likeness (QED) is 0.668. The van der Waals surface area contributed by atoms with E-state index in [0.29, 0.717) is 22.8 Å². The van der Waals surface area contributed by atoms with Gasteiger partial charge in [0, 0.05) is 11.1 Å². The Morgan fingerprint density at radius 3 is 2.25 bits per heavy atom. The second-order valence-corrected chi connectivity index (χ2v) is 8.05. The topological polar surface area (TPSA) is 90.7 Å². The largest absolute Gasteiger partial charge is 0.495 e. The van der Waals surface area contributed by atoms with Crippen LogP contribution in [0.3, 0.4) is 0 Å². The minimum absolute atomic E-state index is 0.00971. The van der Waals surface area contributed by atoms with E-state index >= 15 is 0 Å². The van der Waals surface area contributed by atoms with Crippen molar-refractivity contribution >= 4 is 15.7 Å². The van der Waals surface area contributed by atoms with Crippen LogP contribution < -0.4 is 14.2 Å². The lowest BCUT2D eigenvalue weighted by atomic mass is 10.1. The average molecular weight is 402 g/mol. The average Bonchev–Trinajstić information content (AvgIpc) is 3.00. The number of ether oxygens (including phenoxy) is 2. The first kappa shape index (κ1) is 19.8. The van der Waals surface area contributed by atoms with Gasteiger partial charge in [0.25, 0.3) is 10.0 Å². The van der Waals surface area contributed by atoms with Gasteiger partial charge < -0.3 is 14.0 Å². The standard InChI is InChI=1S/C20H22N2O5S/c1-12-6-8-17(25-4)16(10-12)22-28(23,24)19-11-15(7-9-18(19)26-5)20-13(2)14(3)21-27-20/h6-11,22H,1-5H3. The maximum atomic E-state index is 13.1. The maximum absolute atomic E-state index is 13.1. The van der Waals surface area contributed by atoms with Crippen molar-refractivity contribution in [3.8, 4) is 22.8 Å². The molecule has 0 saturated carbocycles. The molecule has 0 aliphatic rings. The number of sulfonamides is 1. The van der Waals surface area contributed by atoms with Crippen LogP contribution in [0.4, 0.5) is 5.69 Å². The van der Waals surface area contributed by atoms with Gasteiger partial charge in [-0.05, 0) is 56.7 Å². The number of nitrogens with one attached hydrogen (secondary N) is 1. The number of anilines is 1. The van der Waals surface area contributed by atoms with E-state index in [1.807, 2.05) is 26.8 Å². The molecule has 0 spiro atoms. The van der Waals surface area contributed by atoms with E-state index in [9.17, 15) is 8.42 Å². The number of methoxy groups -OCH3 is 2. The summed E-state index contributed by atoms with van der Waals surface area (Å²) in [7, 11) is -1.05. The Kier molecular flexibility index (Phi) is 5.33. The first-order chi connectivity index (χ1) is 13.3. The molecule has 1 N–H and O–H groups in total. The summed E-state index contributed by atoms with van der Waals surface area (Å²) in [4.78, 5) is -0.00971. The zero-order chi connectivity index (χ0) is 20.5. The zero-order valence-corrected chi connectivity index (χ0v) is 17.2. The monoisotopic (exact) mass is 402 g/mol. The molecule has 28 heavy (non-hydrogen) atoms. The lowest BCUT2D eigenvalue weighted by Gasteiger charge is -2.15. The highest BCUT2D eigenvalue weighted by molar-refractivity contribution is 7.92. The molecular formula is C20H22N2O5S. The van der Waals surface area contributed by atoms with Gasteiger partial charge in [-0.2, -0.15) is 0 Å². The minimum Gasteiger partial charge on any atom is -0.495 e. The van der Waals surface area contributed by atoms with E-state index in [1.165, 1.54) is 20.3 Å². The van der Waals surface area contributed by atoms with Crippen molar-refractivity contribution in [2.24, 2.45) is 0 Å². The summed E-state index contributed by atoms with van der Waals surface area (Å²) in [6.07, 6.45) is 0. The summed E-state index contributed by atoms with van der Waals surface area (Å²) in [6.45, 7) is 5.57. The fraction of sp³-hybridized carbons (Fsp3) is 0.250. The van der Waals surface area contributed by atoms with Crippen molar-refractivity contribution in [2.75, 3.05) is 18.9 Å². The molecule has 148 valence electrons. The van der Waals surface area contributed by atoms with Gasteiger partial charge in [-0.25, -0.2) is 8.42 Å². The summed E-state index contributed by atoms with van der Waals surface area (Å²) in [6, 6.07) is 10.1. The first-order valence-corrected chi connectivity index (χ1v) is 10.0. The Morgan fingerprint density at radius 1 is 0.964 bits per heavy atom. The van der Waals surface area contributed by atoms with Gasteiger partial charge in [0.1, 0.15) is 16.4 Å². The Morgan fingerprint density at radius 2 is 1.64 bits per heavy atom. The molecule has 7 nitrogen and oxygen atoms in total. The molecule has 0 bridgehead atoms. The lowest BCUT2D eigenvalue weighted by molar-refractivity contribution is 0.402. The van der Waals surface area contributed by atoms with E-state index in [1.54, 1.807) is 24.3 Å². The number of aryl methyl sites for hydroxylation is 2. The summed E-state index contributed by atoms with van der Waals surface area (Å²) in [5.74, 6) is 1.16. The number of nitrogens with zero attached hydrogens (tertiary/aromatic N) is 1. The van der Waals surface area contributed by atoms with E-state index in [0.717, 1.165) is 16.8 Å². The molecular weight excluding hydrogens is 380 g/mol. The van der Waals surface area contributed by atoms with Gasteiger partial charge in [0.15, 0.2) is 5.76 Å². The van der Waals surface area contributed by atoms with Crippen molar-refractivity contribution < 1.29 is 22.4 Å². The Bertz CT molecular complexity index is 1120. The third kappa shape index (κ3) is 3.68. The van der Waals surface area contributed by atoms with Crippen molar-refractivity contribution in [3.63, 3.8) is 0 Å². The molecule has 0 aliphatic heterocycles. The van der Waals surface area contributed by atoms with Crippen LogP contribution in [0.2, 0.25) is 0 Å². The van der Waals surface area contributed by atoms with Crippen molar-refractivity contribution in [2.45, 2.75) is 25.7 Å². The maximum Gasteiger partial charge on any atom is 0.265 e. The third-order valence-corrected chi connectivity index (χ3v) is 5.86. The van der Waals surface area contributed by atoms with E-state index < -0.39 is 10.0 Å². The zero-order valence-electron chi connectivity index (χ0n) is 16.4. The highest BCUT2D eigenvalue weighted by Crippen LogP contribution is 2.34. The molecule has 1 heterocycles. The molecule has 8 heteroatoms. The molecule has 0 aliphatic carbocycles. The fourth-order valence-electron chi connectivity index (χ4n) is 2.81. The van der Waals surface area contributed by atoms with Crippen LogP contribution in [-0.4, -0.2) is 27.8 Å². The number of rotatable bonds is 6. The normalized spacial score (nSPS) is 11.3. The van der Waals surface area contributed by atoms with Crippen LogP contribution in [-0.2, 0) is 10.0 Å². The van der Waals surface area contributed by atoms with Gasteiger partial charge in [-0.15, -0.1) is 0 Å². The molecule has 0 unspecified atom stereocenters. The number of hydrogen-bond donors (Lipinski definition) is 1. The third-order valence-electron chi connectivity index (χ3n) is 4.47. The molecule has 3 rings (SSSR count). The number of benzene rings is 2. The minimum atomic E-state index is -3.96. The lowest BCUT2D eigenvalue weighted by Crippen LogP contribution is -2.15. The molecule has 0 saturated heterocycles. The van der Waals surface area contributed by atoms with Crippen LogP contribution in [0.15, 0.2) is 45.8 Å². The predicted octanol–water partition coefficient (Wildman–Crippen LogP) is 4.08. The number of hydrogen-bond acceptors (Lipinski definition) is 6. The smallest absolute Gasteiger partial charge is 0.265 e. The van der Waals surface area contributed by atoms with Crippen molar-refractivity contribution in [3.05, 3.63) is 53.2 Å². The van der Waals surface area contributed by atoms with Crippen LogP contribution in [0.1, 0.15) is 16.8 Å². The van der Waals surface area contributed by atoms with Gasteiger partial charge in [-0.3, -0.25) is 4.72 Å².